The maximum Gasteiger partial charge on any atom is 0.227 e. The second-order valence-corrected chi connectivity index (χ2v) is 5.64. The molecule has 0 saturated carbocycles. The highest BCUT2D eigenvalue weighted by Crippen LogP contribution is 2.13. The largest absolute Gasteiger partial charge is 0.359 e. The van der Waals surface area contributed by atoms with Crippen LogP contribution >= 0.6 is 24.0 Å². The average molecular weight is 436 g/mol. The van der Waals surface area contributed by atoms with Crippen molar-refractivity contribution in [3.63, 3.8) is 0 Å². The number of amides is 1. The number of rotatable bonds is 6. The summed E-state index contributed by atoms with van der Waals surface area (Å²) in [5.41, 5.74) is 0.380. The van der Waals surface area contributed by atoms with Gasteiger partial charge in [0.25, 0.3) is 0 Å². The Bertz CT molecular complexity index is 517. The predicted molar refractivity (Wildman–Crippen MR) is 102 cm³/mol. The van der Waals surface area contributed by atoms with Crippen molar-refractivity contribution in [1.82, 2.24) is 16.0 Å². The molecule has 1 aromatic carbocycles. The molecule has 0 unspecified atom stereocenters. The molecule has 0 heterocycles. The van der Waals surface area contributed by atoms with Crippen LogP contribution in [0.5, 0.6) is 0 Å². The van der Waals surface area contributed by atoms with Crippen molar-refractivity contribution >= 4 is 35.8 Å². The quantitative estimate of drug-likeness (QED) is 0.364. The van der Waals surface area contributed by atoms with Crippen molar-refractivity contribution in [3.8, 4) is 0 Å². The normalized spacial score (nSPS) is 11.4. The van der Waals surface area contributed by atoms with E-state index < -0.39 is 5.41 Å². The Balaban J connectivity index is 0.00000484. The highest BCUT2D eigenvalue weighted by molar-refractivity contribution is 14.0. The maximum atomic E-state index is 12.9. The lowest BCUT2D eigenvalue weighted by atomic mass is 9.92. The molecule has 23 heavy (non-hydrogen) atoms. The standard InChI is InChI=1S/C16H25FN4O.HI/c1-5-19-15(21-11-16(2,3)14(22)18-4)20-10-12-6-8-13(17)9-7-12;/h6-9H,5,10-11H2,1-4H3,(H,18,22)(H2,19,20,21);1H. The summed E-state index contributed by atoms with van der Waals surface area (Å²) in [6.45, 7) is 7.32. The van der Waals surface area contributed by atoms with Gasteiger partial charge in [-0.15, -0.1) is 24.0 Å². The molecular weight excluding hydrogens is 410 g/mol. The van der Waals surface area contributed by atoms with Gasteiger partial charge in [-0.3, -0.25) is 4.79 Å². The first-order chi connectivity index (χ1) is 10.4. The Morgan fingerprint density at radius 1 is 1.22 bits per heavy atom. The molecule has 1 amide bonds. The third kappa shape index (κ3) is 7.62. The molecule has 1 rings (SSSR count). The Labute approximate surface area is 154 Å². The fourth-order valence-corrected chi connectivity index (χ4v) is 1.83. The summed E-state index contributed by atoms with van der Waals surface area (Å²) in [4.78, 5) is 16.2. The fourth-order valence-electron chi connectivity index (χ4n) is 1.83. The molecule has 5 nitrogen and oxygen atoms in total. The molecule has 0 aliphatic rings. The van der Waals surface area contributed by atoms with Crippen molar-refractivity contribution in [3.05, 3.63) is 35.6 Å². The van der Waals surface area contributed by atoms with Crippen molar-refractivity contribution in [1.29, 1.82) is 0 Å². The van der Waals surface area contributed by atoms with Gasteiger partial charge in [0.1, 0.15) is 5.82 Å². The molecule has 0 saturated heterocycles. The van der Waals surface area contributed by atoms with Gasteiger partial charge in [-0.1, -0.05) is 12.1 Å². The van der Waals surface area contributed by atoms with Crippen LogP contribution in [0.4, 0.5) is 4.39 Å². The Morgan fingerprint density at radius 2 is 1.83 bits per heavy atom. The molecule has 0 fully saturated rings. The summed E-state index contributed by atoms with van der Waals surface area (Å²) in [7, 11) is 1.62. The van der Waals surface area contributed by atoms with Crippen LogP contribution in [-0.4, -0.2) is 32.0 Å². The van der Waals surface area contributed by atoms with Crippen LogP contribution in [0.3, 0.4) is 0 Å². The van der Waals surface area contributed by atoms with Crippen molar-refractivity contribution < 1.29 is 9.18 Å². The highest BCUT2D eigenvalue weighted by Gasteiger charge is 2.26. The molecule has 0 aromatic heterocycles. The van der Waals surface area contributed by atoms with E-state index in [1.165, 1.54) is 12.1 Å². The van der Waals surface area contributed by atoms with Gasteiger partial charge in [-0.2, -0.15) is 0 Å². The van der Waals surface area contributed by atoms with E-state index in [0.717, 1.165) is 12.1 Å². The van der Waals surface area contributed by atoms with E-state index in [1.54, 1.807) is 19.2 Å². The van der Waals surface area contributed by atoms with Crippen LogP contribution in [0.1, 0.15) is 26.3 Å². The van der Waals surface area contributed by atoms with Gasteiger partial charge in [0.15, 0.2) is 5.96 Å². The van der Waals surface area contributed by atoms with E-state index in [9.17, 15) is 9.18 Å². The summed E-state index contributed by atoms with van der Waals surface area (Å²) in [6, 6.07) is 6.24. The molecule has 0 radical (unpaired) electrons. The number of carbonyl (C=O) groups is 1. The second-order valence-electron chi connectivity index (χ2n) is 5.64. The van der Waals surface area contributed by atoms with Crippen molar-refractivity contribution in [2.45, 2.75) is 27.3 Å². The third-order valence-electron chi connectivity index (χ3n) is 3.22. The zero-order valence-electron chi connectivity index (χ0n) is 14.1. The predicted octanol–water partition coefficient (Wildman–Crippen LogP) is 2.27. The molecule has 0 bridgehead atoms. The molecule has 3 N–H and O–H groups in total. The topological polar surface area (TPSA) is 65.5 Å². The number of halogens is 2. The number of carbonyl (C=O) groups excluding carboxylic acids is 1. The Kier molecular flexibility index (Phi) is 9.78. The first-order valence-corrected chi connectivity index (χ1v) is 7.38. The number of benzene rings is 1. The minimum Gasteiger partial charge on any atom is -0.359 e. The van der Waals surface area contributed by atoms with Gasteiger partial charge in [0, 0.05) is 20.1 Å². The fraction of sp³-hybridized carbons (Fsp3) is 0.500. The summed E-state index contributed by atoms with van der Waals surface area (Å²) < 4.78 is 12.9. The number of guanidine groups is 1. The molecule has 0 aliphatic carbocycles. The first kappa shape index (κ1) is 21.6. The Morgan fingerprint density at radius 3 is 2.35 bits per heavy atom. The van der Waals surface area contributed by atoms with Gasteiger partial charge >= 0.3 is 0 Å². The van der Waals surface area contributed by atoms with E-state index >= 15 is 0 Å². The lowest BCUT2D eigenvalue weighted by molar-refractivity contribution is -0.128. The third-order valence-corrected chi connectivity index (χ3v) is 3.22. The number of nitrogens with one attached hydrogen (secondary N) is 3. The second kappa shape index (κ2) is 10.4. The minimum atomic E-state index is -0.541. The van der Waals surface area contributed by atoms with Crippen LogP contribution in [0.15, 0.2) is 29.3 Å². The first-order valence-electron chi connectivity index (χ1n) is 7.38. The highest BCUT2D eigenvalue weighted by atomic mass is 127. The van der Waals surface area contributed by atoms with Gasteiger partial charge in [0.2, 0.25) is 5.91 Å². The Hall–Kier alpha value is -1.38. The van der Waals surface area contributed by atoms with Gasteiger partial charge in [-0.25, -0.2) is 9.38 Å². The summed E-state index contributed by atoms with van der Waals surface area (Å²) in [6.07, 6.45) is 0. The summed E-state index contributed by atoms with van der Waals surface area (Å²) in [5, 5.41) is 8.94. The van der Waals surface area contributed by atoms with Gasteiger partial charge < -0.3 is 16.0 Å². The number of hydrogen-bond donors (Lipinski definition) is 3. The number of aliphatic imine (C=N–C) groups is 1. The average Bonchev–Trinajstić information content (AvgIpc) is 2.50. The minimum absolute atomic E-state index is 0. The lowest BCUT2D eigenvalue weighted by Crippen LogP contribution is -2.47. The maximum absolute atomic E-state index is 12.9. The SMILES string of the molecule is CCNC(=NCc1ccc(F)cc1)NCC(C)(C)C(=O)NC.I. The molecule has 0 atom stereocenters. The molecule has 7 heteroatoms. The lowest BCUT2D eigenvalue weighted by Gasteiger charge is -2.24. The number of nitrogens with zero attached hydrogens (tertiary/aromatic N) is 1. The number of hydrogen-bond acceptors (Lipinski definition) is 2. The van der Waals surface area contributed by atoms with Crippen LogP contribution in [0.25, 0.3) is 0 Å². The molecule has 130 valence electrons. The molecule has 0 aliphatic heterocycles. The van der Waals surface area contributed by atoms with Gasteiger partial charge in [0.05, 0.1) is 12.0 Å². The van der Waals surface area contributed by atoms with Gasteiger partial charge in [-0.05, 0) is 38.5 Å². The van der Waals surface area contributed by atoms with E-state index in [1.807, 2.05) is 20.8 Å². The monoisotopic (exact) mass is 436 g/mol. The molecule has 1 aromatic rings. The smallest absolute Gasteiger partial charge is 0.227 e. The van der Waals surface area contributed by atoms with E-state index in [4.69, 9.17) is 0 Å². The van der Waals surface area contributed by atoms with Crippen LogP contribution < -0.4 is 16.0 Å². The van der Waals surface area contributed by atoms with E-state index in [-0.39, 0.29) is 35.7 Å². The van der Waals surface area contributed by atoms with Crippen LogP contribution in [0, 0.1) is 11.2 Å². The summed E-state index contributed by atoms with van der Waals surface area (Å²) in [5.74, 6) is 0.336. The van der Waals surface area contributed by atoms with Crippen molar-refractivity contribution in [2.75, 3.05) is 20.1 Å². The van der Waals surface area contributed by atoms with E-state index in [0.29, 0.717) is 19.0 Å². The molecular formula is C16H26FIN4O. The van der Waals surface area contributed by atoms with E-state index in [2.05, 4.69) is 20.9 Å². The summed E-state index contributed by atoms with van der Waals surface area (Å²) >= 11 is 0. The van der Waals surface area contributed by atoms with Crippen LogP contribution in [0.2, 0.25) is 0 Å². The van der Waals surface area contributed by atoms with Crippen LogP contribution in [-0.2, 0) is 11.3 Å². The van der Waals surface area contributed by atoms with Crippen molar-refractivity contribution in [2.24, 2.45) is 10.4 Å². The zero-order chi connectivity index (χ0) is 16.6. The molecule has 0 spiro atoms. The zero-order valence-corrected chi connectivity index (χ0v) is 16.4.